The molecule has 1 atom stereocenters. The number of likely N-dealkylation sites (N-methyl/N-ethyl adjacent to an activating group) is 1. The number of carbonyl (C=O) groups is 1. The van der Waals surface area contributed by atoms with Gasteiger partial charge in [-0.1, -0.05) is 24.3 Å². The molecule has 1 aromatic carbocycles. The minimum atomic E-state index is 0.215. The summed E-state index contributed by atoms with van der Waals surface area (Å²) in [5.74, 6) is 1.12. The van der Waals surface area contributed by atoms with Crippen LogP contribution in [0.1, 0.15) is 36.2 Å². The molecule has 1 saturated heterocycles. The maximum absolute atomic E-state index is 12.8. The molecule has 1 aromatic heterocycles. The highest BCUT2D eigenvalue weighted by molar-refractivity contribution is 7.10. The molecule has 0 spiro atoms. The number of amides is 1. The highest BCUT2D eigenvalue weighted by atomic mass is 32.1. The summed E-state index contributed by atoms with van der Waals surface area (Å²) in [6.07, 6.45) is 2.16. The van der Waals surface area contributed by atoms with Crippen molar-refractivity contribution in [1.29, 1.82) is 0 Å². The van der Waals surface area contributed by atoms with Crippen LogP contribution in [0.5, 0.6) is 5.75 Å². The van der Waals surface area contributed by atoms with Gasteiger partial charge in [-0.05, 0) is 44.3 Å². The average Bonchev–Trinajstić information content (AvgIpc) is 3.27. The van der Waals surface area contributed by atoms with Crippen LogP contribution in [0.15, 0.2) is 41.8 Å². The molecule has 0 N–H and O–H groups in total. The van der Waals surface area contributed by atoms with Gasteiger partial charge in [-0.3, -0.25) is 9.69 Å². The van der Waals surface area contributed by atoms with Gasteiger partial charge in [-0.2, -0.15) is 0 Å². The van der Waals surface area contributed by atoms with E-state index < -0.39 is 0 Å². The van der Waals surface area contributed by atoms with E-state index in [0.29, 0.717) is 19.7 Å². The van der Waals surface area contributed by atoms with E-state index in [-0.39, 0.29) is 11.9 Å². The van der Waals surface area contributed by atoms with Crippen molar-refractivity contribution in [2.24, 2.45) is 0 Å². The molecular weight excluding hydrogens is 332 g/mol. The first kappa shape index (κ1) is 18.0. The monoisotopic (exact) mass is 358 g/mol. The maximum atomic E-state index is 12.8. The Kier molecular flexibility index (Phi) is 6.10. The molecular formula is C20H26N2O2S. The minimum absolute atomic E-state index is 0.215. The van der Waals surface area contributed by atoms with E-state index in [1.54, 1.807) is 11.3 Å². The molecule has 1 fully saturated rings. The minimum Gasteiger partial charge on any atom is -0.494 e. The Balaban J connectivity index is 1.61. The van der Waals surface area contributed by atoms with Crippen molar-refractivity contribution in [3.63, 3.8) is 0 Å². The highest BCUT2D eigenvalue weighted by Crippen LogP contribution is 2.34. The van der Waals surface area contributed by atoms with Crippen molar-refractivity contribution in [2.75, 3.05) is 26.7 Å². The largest absolute Gasteiger partial charge is 0.494 e. The van der Waals surface area contributed by atoms with E-state index in [9.17, 15) is 4.79 Å². The Hall–Kier alpha value is -1.85. The third kappa shape index (κ3) is 4.41. The molecule has 5 heteroatoms. The van der Waals surface area contributed by atoms with Crippen LogP contribution in [0.4, 0.5) is 0 Å². The Morgan fingerprint density at radius 3 is 2.92 bits per heavy atom. The third-order valence-electron chi connectivity index (χ3n) is 4.56. The predicted octanol–water partition coefficient (Wildman–Crippen LogP) is 3.94. The van der Waals surface area contributed by atoms with Crippen molar-refractivity contribution < 1.29 is 9.53 Å². The number of nitrogens with zero attached hydrogens (tertiary/aromatic N) is 2. The molecule has 0 saturated carbocycles. The van der Waals surface area contributed by atoms with Gasteiger partial charge in [0.25, 0.3) is 0 Å². The van der Waals surface area contributed by atoms with Crippen molar-refractivity contribution in [2.45, 2.75) is 32.4 Å². The fraction of sp³-hybridized carbons (Fsp3) is 0.450. The van der Waals surface area contributed by atoms with Gasteiger partial charge in [0.05, 0.1) is 19.2 Å². The second-order valence-corrected chi connectivity index (χ2v) is 7.45. The standard InChI is InChI=1S/C20H26N2O2S/c1-3-24-18-10-5-4-8-16(18)14-21(2)15-20(23)22-12-6-9-17(22)19-11-7-13-25-19/h4-5,7-8,10-11,13,17H,3,6,9,12,14-15H2,1-2H3. The number of carbonyl (C=O) groups excluding carboxylic acids is 1. The molecule has 134 valence electrons. The zero-order chi connectivity index (χ0) is 17.6. The molecule has 1 aliphatic rings. The van der Waals surface area contributed by atoms with Crippen LogP contribution in [0.25, 0.3) is 0 Å². The van der Waals surface area contributed by atoms with Gasteiger partial charge < -0.3 is 9.64 Å². The fourth-order valence-electron chi connectivity index (χ4n) is 3.44. The van der Waals surface area contributed by atoms with Crippen molar-refractivity contribution in [3.8, 4) is 5.75 Å². The number of hydrogen-bond donors (Lipinski definition) is 0. The molecule has 0 radical (unpaired) electrons. The fourth-order valence-corrected chi connectivity index (χ4v) is 4.31. The number of rotatable bonds is 7. The third-order valence-corrected chi connectivity index (χ3v) is 5.54. The highest BCUT2D eigenvalue weighted by Gasteiger charge is 2.30. The lowest BCUT2D eigenvalue weighted by atomic mass is 10.2. The molecule has 2 aromatic rings. The van der Waals surface area contributed by atoms with Gasteiger partial charge >= 0.3 is 0 Å². The summed E-state index contributed by atoms with van der Waals surface area (Å²) >= 11 is 1.75. The number of ether oxygens (including phenoxy) is 1. The molecule has 1 aliphatic heterocycles. The molecule has 0 aliphatic carbocycles. The molecule has 4 nitrogen and oxygen atoms in total. The number of para-hydroxylation sites is 1. The molecule has 2 heterocycles. The predicted molar refractivity (Wildman–Crippen MR) is 102 cm³/mol. The van der Waals surface area contributed by atoms with Gasteiger partial charge in [0.2, 0.25) is 5.91 Å². The first-order valence-electron chi connectivity index (χ1n) is 8.91. The SMILES string of the molecule is CCOc1ccccc1CN(C)CC(=O)N1CCCC1c1cccs1. The topological polar surface area (TPSA) is 32.8 Å². The summed E-state index contributed by atoms with van der Waals surface area (Å²) < 4.78 is 5.69. The number of thiophene rings is 1. The lowest BCUT2D eigenvalue weighted by molar-refractivity contribution is -0.133. The van der Waals surface area contributed by atoms with Crippen molar-refractivity contribution in [3.05, 3.63) is 52.2 Å². The normalized spacial score (nSPS) is 17.2. The Morgan fingerprint density at radius 2 is 2.16 bits per heavy atom. The lowest BCUT2D eigenvalue weighted by Crippen LogP contribution is -2.38. The van der Waals surface area contributed by atoms with Crippen molar-refractivity contribution in [1.82, 2.24) is 9.80 Å². The van der Waals surface area contributed by atoms with Gasteiger partial charge in [0, 0.05) is 23.5 Å². The van der Waals surface area contributed by atoms with Crippen molar-refractivity contribution >= 4 is 17.2 Å². The molecule has 3 rings (SSSR count). The Labute approximate surface area is 154 Å². The summed E-state index contributed by atoms with van der Waals surface area (Å²) in [5, 5.41) is 2.09. The average molecular weight is 359 g/mol. The number of likely N-dealkylation sites (tertiary alicyclic amines) is 1. The second kappa shape index (κ2) is 8.50. The van der Waals surface area contributed by atoms with E-state index in [2.05, 4.69) is 33.4 Å². The van der Waals surface area contributed by atoms with Gasteiger partial charge in [-0.15, -0.1) is 11.3 Å². The van der Waals surface area contributed by atoms with E-state index in [1.807, 2.05) is 32.2 Å². The van der Waals surface area contributed by atoms with Crippen LogP contribution in [0, 0.1) is 0 Å². The van der Waals surface area contributed by atoms with Crippen LogP contribution in [0.3, 0.4) is 0 Å². The zero-order valence-electron chi connectivity index (χ0n) is 15.0. The summed E-state index contributed by atoms with van der Waals surface area (Å²) in [7, 11) is 2.00. The van der Waals surface area contributed by atoms with Gasteiger partial charge in [0.15, 0.2) is 0 Å². The molecule has 1 unspecified atom stereocenters. The second-order valence-electron chi connectivity index (χ2n) is 6.47. The number of hydrogen-bond acceptors (Lipinski definition) is 4. The molecule has 0 bridgehead atoms. The molecule has 1 amide bonds. The van der Waals surface area contributed by atoms with E-state index >= 15 is 0 Å². The van der Waals surface area contributed by atoms with Crippen LogP contribution in [-0.4, -0.2) is 42.5 Å². The van der Waals surface area contributed by atoms with Crippen LogP contribution >= 0.6 is 11.3 Å². The Bertz CT molecular complexity index is 687. The summed E-state index contributed by atoms with van der Waals surface area (Å²) in [6.45, 7) is 4.64. The number of benzene rings is 1. The summed E-state index contributed by atoms with van der Waals surface area (Å²) in [5.41, 5.74) is 1.12. The van der Waals surface area contributed by atoms with E-state index in [1.165, 1.54) is 4.88 Å². The molecule has 25 heavy (non-hydrogen) atoms. The van der Waals surface area contributed by atoms with Gasteiger partial charge in [-0.25, -0.2) is 0 Å². The summed E-state index contributed by atoms with van der Waals surface area (Å²) in [4.78, 5) is 18.2. The first-order chi connectivity index (χ1) is 12.2. The smallest absolute Gasteiger partial charge is 0.237 e. The first-order valence-corrected chi connectivity index (χ1v) is 9.79. The van der Waals surface area contributed by atoms with Crippen LogP contribution in [0.2, 0.25) is 0 Å². The Morgan fingerprint density at radius 1 is 1.32 bits per heavy atom. The van der Waals surface area contributed by atoms with Gasteiger partial charge in [0.1, 0.15) is 5.75 Å². The van der Waals surface area contributed by atoms with Crippen LogP contribution in [-0.2, 0) is 11.3 Å². The lowest BCUT2D eigenvalue weighted by Gasteiger charge is -2.27. The summed E-state index contributed by atoms with van der Waals surface area (Å²) in [6, 6.07) is 12.5. The quantitative estimate of drug-likeness (QED) is 0.751. The van der Waals surface area contributed by atoms with Crippen LogP contribution < -0.4 is 4.74 Å². The van der Waals surface area contributed by atoms with E-state index in [4.69, 9.17) is 4.74 Å². The maximum Gasteiger partial charge on any atom is 0.237 e. The van der Waals surface area contributed by atoms with E-state index in [0.717, 1.165) is 30.7 Å². The zero-order valence-corrected chi connectivity index (χ0v) is 15.8.